The molecular weight excluding hydrogens is 368 g/mol. The van der Waals surface area contributed by atoms with Crippen molar-refractivity contribution >= 4 is 33.4 Å². The van der Waals surface area contributed by atoms with E-state index in [1.807, 2.05) is 29.2 Å². The van der Waals surface area contributed by atoms with Gasteiger partial charge in [0.25, 0.3) is 5.91 Å². The number of para-hydroxylation sites is 1. The summed E-state index contributed by atoms with van der Waals surface area (Å²) in [6, 6.07) is 7.86. The summed E-state index contributed by atoms with van der Waals surface area (Å²) in [7, 11) is 1.50. The first-order valence-corrected chi connectivity index (χ1v) is 9.30. The molecule has 1 saturated heterocycles. The molecule has 10 heteroatoms. The number of aromatic nitrogens is 4. The molecule has 0 bridgehead atoms. The first-order valence-electron chi connectivity index (χ1n) is 8.48. The summed E-state index contributed by atoms with van der Waals surface area (Å²) in [5, 5.41) is 3.22. The number of rotatable bonds is 5. The van der Waals surface area contributed by atoms with Crippen LogP contribution in [0.15, 0.2) is 24.3 Å². The Hall–Kier alpha value is -2.85. The zero-order valence-electron chi connectivity index (χ0n) is 14.7. The van der Waals surface area contributed by atoms with Crippen LogP contribution in [0.1, 0.15) is 15.6 Å². The normalized spacial score (nSPS) is 14.3. The fraction of sp³-hybridized carbons (Fsp3) is 0.353. The Morgan fingerprint density at radius 1 is 1.22 bits per heavy atom. The zero-order chi connectivity index (χ0) is 18.6. The van der Waals surface area contributed by atoms with Gasteiger partial charge in [-0.1, -0.05) is 12.1 Å². The van der Waals surface area contributed by atoms with Crippen LogP contribution in [0.25, 0.3) is 10.2 Å². The van der Waals surface area contributed by atoms with E-state index in [-0.39, 0.29) is 18.5 Å². The summed E-state index contributed by atoms with van der Waals surface area (Å²) in [6.07, 6.45) is 0. The van der Waals surface area contributed by atoms with Gasteiger partial charge in [0.15, 0.2) is 10.8 Å². The van der Waals surface area contributed by atoms with Crippen molar-refractivity contribution in [1.82, 2.24) is 25.3 Å². The number of hydrogen-bond donors (Lipinski definition) is 1. The lowest BCUT2D eigenvalue weighted by Crippen LogP contribution is -2.37. The predicted octanol–water partition coefficient (Wildman–Crippen LogP) is 1.26. The van der Waals surface area contributed by atoms with Crippen LogP contribution in [-0.2, 0) is 11.3 Å². The second-order valence-electron chi connectivity index (χ2n) is 5.81. The highest BCUT2D eigenvalue weighted by Gasteiger charge is 2.18. The maximum Gasteiger partial charge on any atom is 0.321 e. The Labute approximate surface area is 159 Å². The van der Waals surface area contributed by atoms with E-state index in [0.29, 0.717) is 43.1 Å². The number of ether oxygens (including phenoxy) is 2. The van der Waals surface area contributed by atoms with Crippen molar-refractivity contribution in [2.24, 2.45) is 0 Å². The fourth-order valence-corrected chi connectivity index (χ4v) is 3.55. The van der Waals surface area contributed by atoms with Crippen molar-refractivity contribution in [3.05, 3.63) is 35.1 Å². The second-order valence-corrected chi connectivity index (χ2v) is 6.84. The third-order valence-corrected chi connectivity index (χ3v) is 5.06. The van der Waals surface area contributed by atoms with E-state index >= 15 is 0 Å². The van der Waals surface area contributed by atoms with Gasteiger partial charge in [-0.3, -0.25) is 4.79 Å². The van der Waals surface area contributed by atoms with E-state index in [2.05, 4.69) is 25.3 Å². The molecule has 3 aromatic rings. The van der Waals surface area contributed by atoms with Crippen LogP contribution in [0.3, 0.4) is 0 Å². The van der Waals surface area contributed by atoms with E-state index in [1.165, 1.54) is 18.4 Å². The van der Waals surface area contributed by atoms with Crippen LogP contribution >= 0.6 is 11.3 Å². The van der Waals surface area contributed by atoms with Crippen LogP contribution < -0.4 is 15.0 Å². The van der Waals surface area contributed by atoms with Crippen molar-refractivity contribution in [3.8, 4) is 6.01 Å². The van der Waals surface area contributed by atoms with Gasteiger partial charge in [-0.15, -0.1) is 11.3 Å². The van der Waals surface area contributed by atoms with Gasteiger partial charge in [0.2, 0.25) is 5.95 Å². The molecule has 1 amide bonds. The minimum Gasteiger partial charge on any atom is -0.467 e. The largest absolute Gasteiger partial charge is 0.467 e. The lowest BCUT2D eigenvalue weighted by Gasteiger charge is -2.26. The molecule has 140 valence electrons. The summed E-state index contributed by atoms with van der Waals surface area (Å²) < 4.78 is 11.5. The molecule has 0 radical (unpaired) electrons. The van der Waals surface area contributed by atoms with Crippen molar-refractivity contribution in [2.75, 3.05) is 38.3 Å². The number of hydrogen-bond acceptors (Lipinski definition) is 9. The van der Waals surface area contributed by atoms with E-state index < -0.39 is 0 Å². The van der Waals surface area contributed by atoms with E-state index in [4.69, 9.17) is 9.47 Å². The van der Waals surface area contributed by atoms with Gasteiger partial charge >= 0.3 is 6.01 Å². The molecule has 1 fully saturated rings. The van der Waals surface area contributed by atoms with Gasteiger partial charge in [-0.2, -0.15) is 15.0 Å². The van der Waals surface area contributed by atoms with E-state index in [9.17, 15) is 4.79 Å². The smallest absolute Gasteiger partial charge is 0.321 e. The van der Waals surface area contributed by atoms with E-state index in [1.54, 1.807) is 0 Å². The van der Waals surface area contributed by atoms with Crippen LogP contribution in [0, 0.1) is 0 Å². The summed E-state index contributed by atoms with van der Waals surface area (Å²) in [4.78, 5) is 31.8. The summed E-state index contributed by atoms with van der Waals surface area (Å²) in [5.74, 6) is 0.690. The number of fused-ring (bicyclic) bond motifs is 1. The molecule has 1 N–H and O–H groups in total. The maximum absolute atomic E-state index is 12.4. The van der Waals surface area contributed by atoms with Crippen molar-refractivity contribution in [3.63, 3.8) is 0 Å². The standard InChI is InChI=1S/C17H18N6O3S/c1-25-17-21-13(20-16(22-17)23-6-8-26-9-7-23)10-18-14(24)15-19-11-4-2-3-5-12(11)27-15/h2-5H,6-10H2,1H3,(H,18,24). The zero-order valence-corrected chi connectivity index (χ0v) is 15.5. The topological polar surface area (TPSA) is 102 Å². The molecule has 1 aromatic carbocycles. The van der Waals surface area contributed by atoms with Gasteiger partial charge < -0.3 is 19.7 Å². The van der Waals surface area contributed by atoms with Gasteiger partial charge in [0.1, 0.15) is 0 Å². The van der Waals surface area contributed by atoms with E-state index in [0.717, 1.165) is 10.2 Å². The van der Waals surface area contributed by atoms with Gasteiger partial charge in [-0.05, 0) is 12.1 Å². The number of carbonyl (C=O) groups is 1. The first-order chi connectivity index (χ1) is 13.2. The third-order valence-electron chi connectivity index (χ3n) is 4.02. The van der Waals surface area contributed by atoms with Crippen LogP contribution in [0.4, 0.5) is 5.95 Å². The number of benzene rings is 1. The number of thiazole rings is 1. The monoisotopic (exact) mass is 386 g/mol. The molecule has 0 spiro atoms. The van der Waals surface area contributed by atoms with Gasteiger partial charge in [-0.25, -0.2) is 4.98 Å². The SMILES string of the molecule is COc1nc(CNC(=O)c2nc3ccccc3s2)nc(N2CCOCC2)n1. The van der Waals surface area contributed by atoms with Crippen LogP contribution in [-0.4, -0.2) is 59.3 Å². The molecule has 1 aliphatic heterocycles. The average molecular weight is 386 g/mol. The second kappa shape index (κ2) is 7.80. The van der Waals surface area contributed by atoms with Gasteiger partial charge in [0, 0.05) is 13.1 Å². The minimum absolute atomic E-state index is 0.158. The quantitative estimate of drug-likeness (QED) is 0.699. The molecule has 3 heterocycles. The highest BCUT2D eigenvalue weighted by Crippen LogP contribution is 2.21. The summed E-state index contributed by atoms with van der Waals surface area (Å²) >= 11 is 1.35. The molecule has 9 nitrogen and oxygen atoms in total. The number of methoxy groups -OCH3 is 1. The number of anilines is 1. The fourth-order valence-electron chi connectivity index (χ4n) is 2.67. The number of carbonyl (C=O) groups excluding carboxylic acids is 1. The molecule has 0 unspecified atom stereocenters. The first kappa shape index (κ1) is 17.6. The summed E-state index contributed by atoms with van der Waals surface area (Å²) in [6.45, 7) is 2.80. The Bertz CT molecular complexity index is 924. The maximum atomic E-state index is 12.4. The Morgan fingerprint density at radius 2 is 2.04 bits per heavy atom. The lowest BCUT2D eigenvalue weighted by molar-refractivity contribution is 0.0949. The highest BCUT2D eigenvalue weighted by atomic mass is 32.1. The van der Waals surface area contributed by atoms with Crippen molar-refractivity contribution in [1.29, 1.82) is 0 Å². The lowest BCUT2D eigenvalue weighted by atomic mass is 10.3. The molecule has 27 heavy (non-hydrogen) atoms. The highest BCUT2D eigenvalue weighted by molar-refractivity contribution is 7.20. The third kappa shape index (κ3) is 3.96. The molecule has 4 rings (SSSR count). The number of nitrogens with zero attached hydrogens (tertiary/aromatic N) is 5. The van der Waals surface area contributed by atoms with Crippen LogP contribution in [0.5, 0.6) is 6.01 Å². The Kier molecular flexibility index (Phi) is 5.07. The number of morpholine rings is 1. The van der Waals surface area contributed by atoms with Gasteiger partial charge in [0.05, 0.1) is 37.1 Å². The number of nitrogens with one attached hydrogen (secondary N) is 1. The summed E-state index contributed by atoms with van der Waals surface area (Å²) in [5.41, 5.74) is 0.809. The van der Waals surface area contributed by atoms with Crippen molar-refractivity contribution in [2.45, 2.75) is 6.54 Å². The minimum atomic E-state index is -0.261. The van der Waals surface area contributed by atoms with Crippen molar-refractivity contribution < 1.29 is 14.3 Å². The Morgan fingerprint density at radius 3 is 2.81 bits per heavy atom. The molecule has 0 atom stereocenters. The molecule has 2 aromatic heterocycles. The average Bonchev–Trinajstić information content (AvgIpc) is 3.17. The molecular formula is C17H18N6O3S. The number of amides is 1. The Balaban J connectivity index is 1.48. The predicted molar refractivity (Wildman–Crippen MR) is 100 cm³/mol. The van der Waals surface area contributed by atoms with Crippen LogP contribution in [0.2, 0.25) is 0 Å². The molecule has 1 aliphatic rings. The molecule has 0 aliphatic carbocycles. The molecule has 0 saturated carbocycles.